The van der Waals surface area contributed by atoms with E-state index in [4.69, 9.17) is 0 Å². The van der Waals surface area contributed by atoms with Crippen molar-refractivity contribution in [2.75, 3.05) is 11.9 Å². The number of carbonyl (C=O) groups excluding carboxylic acids is 2. The van der Waals surface area contributed by atoms with Crippen LogP contribution in [0.5, 0.6) is 0 Å². The summed E-state index contributed by atoms with van der Waals surface area (Å²) in [5.74, 6) is -2.74. The molecule has 8 nitrogen and oxygen atoms in total. The number of hydrogen-bond acceptors (Lipinski definition) is 5. The third kappa shape index (κ3) is 5.37. The van der Waals surface area contributed by atoms with Gasteiger partial charge in [-0.3, -0.25) is 9.59 Å². The molecule has 0 saturated carbocycles. The lowest BCUT2D eigenvalue weighted by molar-refractivity contribution is -0.129. The summed E-state index contributed by atoms with van der Waals surface area (Å²) in [5, 5.41) is 31.4. The Morgan fingerprint density at radius 1 is 1.05 bits per heavy atom. The van der Waals surface area contributed by atoms with Crippen molar-refractivity contribution in [3.8, 4) is 23.3 Å². The molecule has 0 aliphatic carbocycles. The van der Waals surface area contributed by atoms with Crippen molar-refractivity contribution in [3.05, 3.63) is 94.3 Å². The van der Waals surface area contributed by atoms with Crippen molar-refractivity contribution in [1.82, 2.24) is 4.90 Å². The monoisotopic (exact) mass is 562 g/mol. The third-order valence-corrected chi connectivity index (χ3v) is 7.95. The Bertz CT molecular complexity index is 1730. The number of aromatic carboxylic acids is 1. The van der Waals surface area contributed by atoms with E-state index in [-0.39, 0.29) is 59.0 Å². The molecule has 9 heteroatoms. The van der Waals surface area contributed by atoms with E-state index in [1.807, 2.05) is 37.3 Å². The summed E-state index contributed by atoms with van der Waals surface area (Å²) in [7, 11) is 0. The first-order chi connectivity index (χ1) is 20.2. The number of nitrogens with one attached hydrogen (secondary N) is 1. The minimum absolute atomic E-state index is 0.0177. The van der Waals surface area contributed by atoms with E-state index in [2.05, 4.69) is 5.32 Å². The van der Waals surface area contributed by atoms with Crippen molar-refractivity contribution < 1.29 is 23.9 Å². The summed E-state index contributed by atoms with van der Waals surface area (Å²) >= 11 is 0. The Hall–Kier alpha value is -5.28. The summed E-state index contributed by atoms with van der Waals surface area (Å²) in [6.07, 6.45) is 3.43. The first-order valence-corrected chi connectivity index (χ1v) is 13.6. The van der Waals surface area contributed by atoms with Crippen LogP contribution in [0.15, 0.2) is 60.7 Å². The van der Waals surface area contributed by atoms with Gasteiger partial charge in [-0.15, -0.1) is 0 Å². The largest absolute Gasteiger partial charge is 0.478 e. The fourth-order valence-electron chi connectivity index (χ4n) is 5.68. The van der Waals surface area contributed by atoms with Gasteiger partial charge in [0.05, 0.1) is 28.8 Å². The number of hydrogen-bond donors (Lipinski definition) is 2. The summed E-state index contributed by atoms with van der Waals surface area (Å²) in [6, 6.07) is 18.1. The van der Waals surface area contributed by atoms with E-state index in [1.165, 1.54) is 30.3 Å². The van der Waals surface area contributed by atoms with E-state index in [1.54, 1.807) is 17.0 Å². The van der Waals surface area contributed by atoms with Gasteiger partial charge in [-0.2, -0.15) is 10.5 Å². The van der Waals surface area contributed by atoms with Gasteiger partial charge in [0.2, 0.25) is 11.8 Å². The predicted molar refractivity (Wildman–Crippen MR) is 153 cm³/mol. The quantitative estimate of drug-likeness (QED) is 0.399. The molecule has 2 amide bonds. The number of fused-ring (bicyclic) bond motifs is 4. The van der Waals surface area contributed by atoms with E-state index < -0.39 is 11.8 Å². The molecule has 2 heterocycles. The number of anilines is 1. The second-order valence-corrected chi connectivity index (χ2v) is 10.6. The fraction of sp³-hybridized carbons (Fsp3) is 0.242. The molecule has 0 fully saturated rings. The lowest BCUT2D eigenvalue weighted by Crippen LogP contribution is -2.37. The first kappa shape index (κ1) is 28.3. The maximum Gasteiger partial charge on any atom is 0.335 e. The Labute approximate surface area is 242 Å². The van der Waals surface area contributed by atoms with Crippen molar-refractivity contribution in [3.63, 3.8) is 0 Å². The molecule has 210 valence electrons. The second-order valence-electron chi connectivity index (χ2n) is 10.6. The van der Waals surface area contributed by atoms with E-state index >= 15 is 4.39 Å². The van der Waals surface area contributed by atoms with Crippen molar-refractivity contribution in [2.45, 2.75) is 38.6 Å². The molecule has 0 saturated heterocycles. The smallest absolute Gasteiger partial charge is 0.335 e. The Kier molecular flexibility index (Phi) is 7.86. The first-order valence-electron chi connectivity index (χ1n) is 13.6. The minimum atomic E-state index is -1.09. The third-order valence-electron chi connectivity index (χ3n) is 7.95. The highest BCUT2D eigenvalue weighted by Crippen LogP contribution is 2.38. The van der Waals surface area contributed by atoms with Crippen LogP contribution in [0.25, 0.3) is 16.7 Å². The lowest BCUT2D eigenvalue weighted by atomic mass is 9.89. The topological polar surface area (TPSA) is 134 Å². The van der Waals surface area contributed by atoms with Gasteiger partial charge in [0.1, 0.15) is 11.9 Å². The molecule has 2 atom stereocenters. The van der Waals surface area contributed by atoms with Crippen LogP contribution in [-0.4, -0.2) is 34.3 Å². The van der Waals surface area contributed by atoms with Crippen molar-refractivity contribution in [1.29, 1.82) is 10.5 Å². The van der Waals surface area contributed by atoms with E-state index in [0.29, 0.717) is 41.6 Å². The SMILES string of the molecule is C[C@@H]1CCC[C@H](N2CCC(c3c(C#N)ccc(C#N)c3F)=CC2=O)c2cccc(c2)-c2cc(C(=O)O)ccc2NC1=O. The molecule has 0 spiro atoms. The molecule has 42 heavy (non-hydrogen) atoms. The molecule has 2 aliphatic rings. The van der Waals surface area contributed by atoms with Gasteiger partial charge in [0.15, 0.2) is 0 Å². The predicted octanol–water partition coefficient (Wildman–Crippen LogP) is 6.05. The highest BCUT2D eigenvalue weighted by molar-refractivity contribution is 6.00. The van der Waals surface area contributed by atoms with E-state index in [9.17, 15) is 30.0 Å². The van der Waals surface area contributed by atoms with Crippen LogP contribution >= 0.6 is 0 Å². The van der Waals surface area contributed by atoms with Gasteiger partial charge in [0, 0.05) is 35.4 Å². The molecule has 3 aromatic rings. The standard InChI is InChI=1S/C33H27FN4O4/c1-19-4-2-7-28(38-13-12-22(16-29(38)39)30-24(17-35)8-9-25(18-36)31(30)34)21-6-3-5-20(14-21)26-15-23(33(41)42)10-11-27(26)37-32(19)40/h3,5-6,8-11,14-16,19,28H,2,4,7,12-13H2,1H3,(H,37,40)(H,41,42)/t19-,28+/m1/s1. The van der Waals surface area contributed by atoms with Crippen LogP contribution in [0.2, 0.25) is 0 Å². The number of carbonyl (C=O) groups is 3. The summed E-state index contributed by atoms with van der Waals surface area (Å²) in [6.45, 7) is 2.09. The average Bonchev–Trinajstić information content (AvgIpc) is 2.99. The number of nitriles is 2. The molecule has 2 aliphatic heterocycles. The van der Waals surface area contributed by atoms with Gasteiger partial charge in [-0.1, -0.05) is 31.5 Å². The molecule has 0 unspecified atom stereocenters. The molecule has 5 rings (SSSR count). The normalized spacial score (nSPS) is 18.8. The lowest BCUT2D eigenvalue weighted by Gasteiger charge is -2.35. The van der Waals surface area contributed by atoms with Gasteiger partial charge in [-0.25, -0.2) is 9.18 Å². The van der Waals surface area contributed by atoms with Crippen LogP contribution in [0.4, 0.5) is 10.1 Å². The maximum atomic E-state index is 15.1. The Morgan fingerprint density at radius 3 is 2.52 bits per heavy atom. The summed E-state index contributed by atoms with van der Waals surface area (Å²) in [5.41, 5.74) is 2.89. The molecule has 3 aromatic carbocycles. The van der Waals surface area contributed by atoms with Crippen LogP contribution in [-0.2, 0) is 9.59 Å². The highest BCUT2D eigenvalue weighted by Gasteiger charge is 2.31. The number of carboxylic acid groups (broad SMARTS) is 1. The number of halogens is 1. The zero-order valence-corrected chi connectivity index (χ0v) is 22.9. The summed E-state index contributed by atoms with van der Waals surface area (Å²) in [4.78, 5) is 40.0. The van der Waals surface area contributed by atoms with Gasteiger partial charge < -0.3 is 15.3 Å². The fourth-order valence-corrected chi connectivity index (χ4v) is 5.68. The van der Waals surface area contributed by atoms with Gasteiger partial charge >= 0.3 is 5.97 Å². The minimum Gasteiger partial charge on any atom is -0.478 e. The molecule has 0 radical (unpaired) electrons. The average molecular weight is 563 g/mol. The van der Waals surface area contributed by atoms with Crippen molar-refractivity contribution >= 4 is 29.0 Å². The van der Waals surface area contributed by atoms with Crippen LogP contribution in [0, 0.1) is 34.4 Å². The van der Waals surface area contributed by atoms with Gasteiger partial charge in [-0.05, 0) is 72.4 Å². The molecular weight excluding hydrogens is 535 g/mol. The number of carboxylic acids is 1. The molecular formula is C33H27FN4O4. The van der Waals surface area contributed by atoms with Crippen LogP contribution in [0.3, 0.4) is 0 Å². The van der Waals surface area contributed by atoms with E-state index in [0.717, 1.165) is 5.56 Å². The molecule has 2 bridgehead atoms. The number of amides is 2. The second kappa shape index (κ2) is 11.7. The van der Waals surface area contributed by atoms with Crippen LogP contribution < -0.4 is 5.32 Å². The van der Waals surface area contributed by atoms with Crippen LogP contribution in [0.1, 0.15) is 71.3 Å². The Balaban J connectivity index is 1.56. The number of benzene rings is 3. The molecule has 0 aromatic heterocycles. The number of rotatable bonds is 3. The Morgan fingerprint density at radius 2 is 1.81 bits per heavy atom. The van der Waals surface area contributed by atoms with Crippen molar-refractivity contribution in [2.24, 2.45) is 5.92 Å². The molecule has 2 N–H and O–H groups in total. The highest BCUT2D eigenvalue weighted by atomic mass is 19.1. The zero-order valence-electron chi connectivity index (χ0n) is 22.9. The maximum absolute atomic E-state index is 15.1. The van der Waals surface area contributed by atoms with Gasteiger partial charge in [0.25, 0.3) is 0 Å². The zero-order chi connectivity index (χ0) is 30.0. The summed E-state index contributed by atoms with van der Waals surface area (Å²) < 4.78 is 15.1. The number of nitrogens with zero attached hydrogens (tertiary/aromatic N) is 3.